The molecule has 18 heavy (non-hydrogen) atoms. The summed E-state index contributed by atoms with van der Waals surface area (Å²) in [5, 5.41) is 3.88. The highest BCUT2D eigenvalue weighted by atomic mass is 35.5. The van der Waals surface area contributed by atoms with Gasteiger partial charge in [0.15, 0.2) is 0 Å². The Morgan fingerprint density at radius 3 is 2.83 bits per heavy atom. The monoisotopic (exact) mass is 262 g/mol. The largest absolute Gasteiger partial charge is 0.495 e. The lowest BCUT2D eigenvalue weighted by Crippen LogP contribution is -2.06. The molecule has 0 aliphatic carbocycles. The number of aromatic nitrogens is 1. The van der Waals surface area contributed by atoms with Gasteiger partial charge in [-0.3, -0.25) is 4.98 Å². The van der Waals surface area contributed by atoms with Gasteiger partial charge >= 0.3 is 0 Å². The molecule has 0 atom stereocenters. The maximum Gasteiger partial charge on any atom is 0.137 e. The van der Waals surface area contributed by atoms with Crippen molar-refractivity contribution in [3.8, 4) is 16.9 Å². The Hall–Kier alpha value is -1.58. The van der Waals surface area contributed by atoms with Gasteiger partial charge in [-0.1, -0.05) is 17.7 Å². The Labute approximate surface area is 112 Å². The minimum Gasteiger partial charge on any atom is -0.495 e. The molecule has 2 aromatic rings. The highest BCUT2D eigenvalue weighted by molar-refractivity contribution is 6.30. The minimum atomic E-state index is 0.736. The molecule has 0 fully saturated rings. The zero-order chi connectivity index (χ0) is 13.0. The van der Waals surface area contributed by atoms with Crippen molar-refractivity contribution >= 4 is 11.6 Å². The van der Waals surface area contributed by atoms with E-state index in [0.717, 1.165) is 34.0 Å². The fourth-order valence-corrected chi connectivity index (χ4v) is 2.05. The molecule has 0 saturated carbocycles. The summed E-state index contributed by atoms with van der Waals surface area (Å²) < 4.78 is 5.20. The van der Waals surface area contributed by atoms with Crippen LogP contribution in [0.3, 0.4) is 0 Å². The predicted molar refractivity (Wildman–Crippen MR) is 74.0 cm³/mol. The lowest BCUT2D eigenvalue weighted by molar-refractivity contribution is 0.413. The van der Waals surface area contributed by atoms with Crippen molar-refractivity contribution in [1.82, 2.24) is 10.3 Å². The van der Waals surface area contributed by atoms with Gasteiger partial charge in [-0.05, 0) is 36.4 Å². The van der Waals surface area contributed by atoms with Gasteiger partial charge in [0.2, 0.25) is 0 Å². The van der Waals surface area contributed by atoms with E-state index < -0.39 is 0 Å². The zero-order valence-electron chi connectivity index (χ0n) is 10.4. The molecule has 1 heterocycles. The topological polar surface area (TPSA) is 34.2 Å². The van der Waals surface area contributed by atoms with E-state index in [9.17, 15) is 0 Å². The van der Waals surface area contributed by atoms with Crippen LogP contribution in [0.2, 0.25) is 5.02 Å². The Kier molecular flexibility index (Phi) is 4.18. The molecule has 2 rings (SSSR count). The van der Waals surface area contributed by atoms with Gasteiger partial charge in [-0.15, -0.1) is 0 Å². The molecule has 0 amide bonds. The van der Waals surface area contributed by atoms with Crippen LogP contribution in [0, 0.1) is 0 Å². The van der Waals surface area contributed by atoms with Crippen LogP contribution in [0.25, 0.3) is 11.1 Å². The molecule has 0 aliphatic heterocycles. The number of hydrogen-bond donors (Lipinski definition) is 1. The first-order valence-corrected chi connectivity index (χ1v) is 6.05. The number of hydrogen-bond acceptors (Lipinski definition) is 3. The number of ether oxygens (including phenoxy) is 1. The summed E-state index contributed by atoms with van der Waals surface area (Å²) in [6, 6.07) is 7.82. The molecular formula is C14H15ClN2O. The van der Waals surface area contributed by atoms with Crippen LogP contribution in [0.15, 0.2) is 36.7 Å². The number of benzene rings is 1. The Bertz CT molecular complexity index is 543. The lowest BCUT2D eigenvalue weighted by atomic mass is 10.0. The fourth-order valence-electron chi connectivity index (χ4n) is 1.86. The summed E-state index contributed by atoms with van der Waals surface area (Å²) in [5.74, 6) is 0.748. The van der Waals surface area contributed by atoms with Crippen LogP contribution < -0.4 is 10.1 Å². The Morgan fingerprint density at radius 1 is 1.28 bits per heavy atom. The number of rotatable bonds is 4. The molecule has 0 saturated heterocycles. The van der Waals surface area contributed by atoms with E-state index >= 15 is 0 Å². The predicted octanol–water partition coefficient (Wildman–Crippen LogP) is 3.13. The van der Waals surface area contributed by atoms with Gasteiger partial charge in [-0.2, -0.15) is 0 Å². The highest BCUT2D eigenvalue weighted by Crippen LogP contribution is 2.28. The Balaban J connectivity index is 2.48. The van der Waals surface area contributed by atoms with E-state index in [4.69, 9.17) is 16.3 Å². The molecule has 4 heteroatoms. The summed E-state index contributed by atoms with van der Waals surface area (Å²) in [4.78, 5) is 4.18. The minimum absolute atomic E-state index is 0.736. The van der Waals surface area contributed by atoms with E-state index in [1.807, 2.05) is 37.5 Å². The summed E-state index contributed by atoms with van der Waals surface area (Å²) in [5.41, 5.74) is 3.27. The SMILES string of the molecule is CNCc1cc(Cl)ccc1-c1cncc(OC)c1. The molecule has 1 N–H and O–H groups in total. The first-order chi connectivity index (χ1) is 8.74. The average molecular weight is 263 g/mol. The third-order valence-corrected chi connectivity index (χ3v) is 2.93. The van der Waals surface area contributed by atoms with Crippen LogP contribution in [-0.2, 0) is 6.54 Å². The number of nitrogens with one attached hydrogen (secondary N) is 1. The van der Waals surface area contributed by atoms with Crippen molar-refractivity contribution < 1.29 is 4.74 Å². The summed E-state index contributed by atoms with van der Waals surface area (Å²) in [7, 11) is 3.55. The van der Waals surface area contributed by atoms with Gasteiger partial charge in [-0.25, -0.2) is 0 Å². The van der Waals surface area contributed by atoms with E-state index in [1.165, 1.54) is 0 Å². The average Bonchev–Trinajstić information content (AvgIpc) is 2.39. The molecule has 0 bridgehead atoms. The van der Waals surface area contributed by atoms with Crippen molar-refractivity contribution in [2.45, 2.75) is 6.54 Å². The van der Waals surface area contributed by atoms with E-state index in [0.29, 0.717) is 0 Å². The van der Waals surface area contributed by atoms with E-state index in [1.54, 1.807) is 13.3 Å². The van der Waals surface area contributed by atoms with Crippen LogP contribution in [0.4, 0.5) is 0 Å². The second kappa shape index (κ2) is 5.85. The molecule has 1 aromatic heterocycles. The van der Waals surface area contributed by atoms with Crippen molar-refractivity contribution in [3.63, 3.8) is 0 Å². The molecule has 94 valence electrons. The first kappa shape index (κ1) is 12.9. The maximum absolute atomic E-state index is 6.03. The molecule has 0 radical (unpaired) electrons. The third-order valence-electron chi connectivity index (χ3n) is 2.69. The molecule has 0 spiro atoms. The summed E-state index contributed by atoms with van der Waals surface area (Å²) in [6.45, 7) is 0.757. The number of methoxy groups -OCH3 is 1. The third kappa shape index (κ3) is 2.81. The van der Waals surface area contributed by atoms with Gasteiger partial charge in [0.1, 0.15) is 5.75 Å². The van der Waals surface area contributed by atoms with Gasteiger partial charge in [0.25, 0.3) is 0 Å². The second-order valence-electron chi connectivity index (χ2n) is 3.95. The molecule has 0 aliphatic rings. The van der Waals surface area contributed by atoms with Crippen LogP contribution in [0.5, 0.6) is 5.75 Å². The number of nitrogens with zero attached hydrogens (tertiary/aromatic N) is 1. The Morgan fingerprint density at radius 2 is 2.11 bits per heavy atom. The standard InChI is InChI=1S/C14H15ClN2O/c1-16-7-10-5-12(15)3-4-14(10)11-6-13(18-2)9-17-8-11/h3-6,8-9,16H,7H2,1-2H3. The lowest BCUT2D eigenvalue weighted by Gasteiger charge is -2.10. The number of pyridine rings is 1. The second-order valence-corrected chi connectivity index (χ2v) is 4.38. The van der Waals surface area contributed by atoms with E-state index in [-0.39, 0.29) is 0 Å². The van der Waals surface area contributed by atoms with Crippen molar-refractivity contribution in [2.75, 3.05) is 14.2 Å². The fraction of sp³-hybridized carbons (Fsp3) is 0.214. The smallest absolute Gasteiger partial charge is 0.137 e. The normalized spacial score (nSPS) is 10.4. The van der Waals surface area contributed by atoms with Crippen LogP contribution >= 0.6 is 11.6 Å². The molecule has 0 unspecified atom stereocenters. The molecule has 1 aromatic carbocycles. The summed E-state index contributed by atoms with van der Waals surface area (Å²) >= 11 is 6.03. The van der Waals surface area contributed by atoms with Gasteiger partial charge < -0.3 is 10.1 Å². The maximum atomic E-state index is 6.03. The zero-order valence-corrected chi connectivity index (χ0v) is 11.2. The van der Waals surface area contributed by atoms with Crippen LogP contribution in [-0.4, -0.2) is 19.1 Å². The first-order valence-electron chi connectivity index (χ1n) is 5.67. The number of halogens is 1. The van der Waals surface area contributed by atoms with Gasteiger partial charge in [0, 0.05) is 23.3 Å². The quantitative estimate of drug-likeness (QED) is 0.919. The summed E-state index contributed by atoms with van der Waals surface area (Å²) in [6.07, 6.45) is 3.52. The van der Waals surface area contributed by atoms with Gasteiger partial charge in [0.05, 0.1) is 13.3 Å². The van der Waals surface area contributed by atoms with Crippen molar-refractivity contribution in [1.29, 1.82) is 0 Å². The van der Waals surface area contributed by atoms with Crippen LogP contribution in [0.1, 0.15) is 5.56 Å². The van der Waals surface area contributed by atoms with Crippen molar-refractivity contribution in [3.05, 3.63) is 47.2 Å². The highest BCUT2D eigenvalue weighted by Gasteiger charge is 2.07. The molecule has 3 nitrogen and oxygen atoms in total. The van der Waals surface area contributed by atoms with E-state index in [2.05, 4.69) is 10.3 Å². The van der Waals surface area contributed by atoms with Crippen molar-refractivity contribution in [2.24, 2.45) is 0 Å². The molecular weight excluding hydrogens is 248 g/mol.